The van der Waals surface area contributed by atoms with Crippen LogP contribution in [0.5, 0.6) is 0 Å². The summed E-state index contributed by atoms with van der Waals surface area (Å²) < 4.78 is 4.28. The minimum Gasteiger partial charge on any atom is -0.348 e. The van der Waals surface area contributed by atoms with Crippen molar-refractivity contribution in [1.29, 1.82) is 0 Å². The Balaban J connectivity index is 1.21. The first-order valence-corrected chi connectivity index (χ1v) is 12.4. The molecule has 1 saturated heterocycles. The van der Waals surface area contributed by atoms with Gasteiger partial charge in [0.2, 0.25) is 0 Å². The summed E-state index contributed by atoms with van der Waals surface area (Å²) in [6.45, 7) is 8.29. The number of nitrogens with one attached hydrogen (secondary N) is 2. The Morgan fingerprint density at radius 1 is 1.09 bits per heavy atom. The Morgan fingerprint density at radius 2 is 2.00 bits per heavy atom. The molecule has 0 bridgehead atoms. The van der Waals surface area contributed by atoms with Gasteiger partial charge in [-0.05, 0) is 51.4 Å². The van der Waals surface area contributed by atoms with Crippen LogP contribution < -0.4 is 0 Å². The van der Waals surface area contributed by atoms with Crippen LogP contribution in [0, 0.1) is 0 Å². The topological polar surface area (TPSA) is 96.2 Å². The fourth-order valence-corrected chi connectivity index (χ4v) is 6.00. The number of hydrogen-bond acceptors (Lipinski definition) is 5. The van der Waals surface area contributed by atoms with Gasteiger partial charge in [0.15, 0.2) is 0 Å². The second-order valence-electron chi connectivity index (χ2n) is 10.2. The number of nitrogens with zero attached hydrogens (tertiary/aromatic N) is 7. The summed E-state index contributed by atoms with van der Waals surface area (Å²) in [5.74, 6) is 1.04. The van der Waals surface area contributed by atoms with Crippen LogP contribution in [0.15, 0.2) is 49.2 Å². The highest BCUT2D eigenvalue weighted by Gasteiger charge is 2.45. The minimum absolute atomic E-state index is 0.179. The first kappa shape index (κ1) is 20.6. The molecule has 35 heavy (non-hydrogen) atoms. The second-order valence-corrected chi connectivity index (χ2v) is 10.2. The summed E-state index contributed by atoms with van der Waals surface area (Å²) >= 11 is 0. The van der Waals surface area contributed by atoms with Gasteiger partial charge in [-0.15, -0.1) is 0 Å². The van der Waals surface area contributed by atoms with Gasteiger partial charge >= 0.3 is 0 Å². The molecule has 2 aliphatic rings. The van der Waals surface area contributed by atoms with Gasteiger partial charge in [0.1, 0.15) is 11.5 Å². The van der Waals surface area contributed by atoms with Crippen LogP contribution in [0.3, 0.4) is 0 Å². The first-order valence-electron chi connectivity index (χ1n) is 12.4. The molecule has 1 spiro atoms. The van der Waals surface area contributed by atoms with Crippen molar-refractivity contribution in [2.75, 3.05) is 13.1 Å². The van der Waals surface area contributed by atoms with Crippen LogP contribution in [0.1, 0.15) is 44.2 Å². The Kier molecular flexibility index (Phi) is 4.51. The molecule has 5 aromatic heterocycles. The molecule has 1 unspecified atom stereocenters. The standard InChI is InChI=1S/C26H29N9/c1-17(2)35-22(3-6-31-35)20-14-30-25-19(20)11-18(13-29-25)21-12-23-26(5-10-34(23)32-21)4-9-33(16-26)15-24-27-7-8-28-24/h3,6-8,11-14,17H,4-5,9-10,15-16H2,1-2H3,(H,27,28)(H,29,30). The Hall–Kier alpha value is -3.72. The molecular formula is C26H29N9. The molecule has 5 aromatic rings. The lowest BCUT2D eigenvalue weighted by Gasteiger charge is -2.23. The van der Waals surface area contributed by atoms with Crippen LogP contribution in [-0.2, 0) is 18.5 Å². The minimum atomic E-state index is 0.179. The third kappa shape index (κ3) is 3.25. The van der Waals surface area contributed by atoms with E-state index in [1.165, 1.54) is 5.69 Å². The predicted octanol–water partition coefficient (Wildman–Crippen LogP) is 4.14. The smallest absolute Gasteiger partial charge is 0.137 e. The van der Waals surface area contributed by atoms with Gasteiger partial charge < -0.3 is 9.97 Å². The quantitative estimate of drug-likeness (QED) is 0.405. The monoisotopic (exact) mass is 467 g/mol. The van der Waals surface area contributed by atoms with Gasteiger partial charge in [-0.25, -0.2) is 9.97 Å². The maximum atomic E-state index is 5.02. The lowest BCUT2D eigenvalue weighted by atomic mass is 9.82. The third-order valence-electron chi connectivity index (χ3n) is 7.75. The number of aryl methyl sites for hydroxylation is 1. The fourth-order valence-electron chi connectivity index (χ4n) is 6.00. The van der Waals surface area contributed by atoms with E-state index in [0.717, 1.165) is 78.4 Å². The van der Waals surface area contributed by atoms with Gasteiger partial charge in [-0.2, -0.15) is 10.2 Å². The number of aromatic amines is 2. The molecule has 2 N–H and O–H groups in total. The maximum Gasteiger partial charge on any atom is 0.137 e. The van der Waals surface area contributed by atoms with Crippen molar-refractivity contribution in [3.63, 3.8) is 0 Å². The highest BCUT2D eigenvalue weighted by atomic mass is 15.3. The number of rotatable bonds is 5. The Morgan fingerprint density at radius 3 is 2.86 bits per heavy atom. The van der Waals surface area contributed by atoms with E-state index in [9.17, 15) is 0 Å². The zero-order valence-electron chi connectivity index (χ0n) is 20.1. The Labute approximate surface area is 203 Å². The molecule has 0 amide bonds. The largest absolute Gasteiger partial charge is 0.348 e. The molecule has 0 aliphatic carbocycles. The normalized spacial score (nSPS) is 20.1. The maximum absolute atomic E-state index is 5.02. The van der Waals surface area contributed by atoms with E-state index in [2.05, 4.69) is 66.4 Å². The van der Waals surface area contributed by atoms with Crippen molar-refractivity contribution < 1.29 is 0 Å². The van der Waals surface area contributed by atoms with E-state index in [-0.39, 0.29) is 11.5 Å². The molecule has 7 rings (SSSR count). The zero-order valence-corrected chi connectivity index (χ0v) is 20.1. The van der Waals surface area contributed by atoms with Crippen LogP contribution in [0.2, 0.25) is 0 Å². The lowest BCUT2D eigenvalue weighted by molar-refractivity contribution is 0.295. The molecule has 1 atom stereocenters. The Bertz CT molecular complexity index is 1500. The van der Waals surface area contributed by atoms with Gasteiger partial charge in [-0.1, -0.05) is 0 Å². The van der Waals surface area contributed by atoms with E-state index < -0.39 is 0 Å². The molecule has 0 saturated carbocycles. The number of hydrogen-bond donors (Lipinski definition) is 2. The van der Waals surface area contributed by atoms with E-state index in [1.807, 2.05) is 31.0 Å². The van der Waals surface area contributed by atoms with Crippen molar-refractivity contribution in [3.05, 3.63) is 60.7 Å². The average Bonchev–Trinajstić information content (AvgIpc) is 3.67. The molecule has 178 valence electrons. The van der Waals surface area contributed by atoms with Crippen molar-refractivity contribution >= 4 is 11.0 Å². The molecule has 0 radical (unpaired) electrons. The van der Waals surface area contributed by atoms with Crippen molar-refractivity contribution in [2.24, 2.45) is 0 Å². The molecule has 0 aromatic carbocycles. The fraction of sp³-hybridized carbons (Fsp3) is 0.385. The van der Waals surface area contributed by atoms with Crippen molar-refractivity contribution in [1.82, 2.24) is 44.4 Å². The molecule has 2 aliphatic heterocycles. The highest BCUT2D eigenvalue weighted by Crippen LogP contribution is 2.44. The van der Waals surface area contributed by atoms with Crippen molar-refractivity contribution in [2.45, 2.75) is 51.2 Å². The van der Waals surface area contributed by atoms with Gasteiger partial charge in [0.05, 0.1) is 17.9 Å². The summed E-state index contributed by atoms with van der Waals surface area (Å²) in [4.78, 5) is 18.2. The number of imidazole rings is 1. The van der Waals surface area contributed by atoms with Crippen LogP contribution in [0.4, 0.5) is 0 Å². The van der Waals surface area contributed by atoms with E-state index in [1.54, 1.807) is 0 Å². The van der Waals surface area contributed by atoms with Crippen LogP contribution >= 0.6 is 0 Å². The number of likely N-dealkylation sites (tertiary alicyclic amines) is 1. The number of pyridine rings is 1. The van der Waals surface area contributed by atoms with E-state index in [0.29, 0.717) is 0 Å². The molecule has 9 nitrogen and oxygen atoms in total. The summed E-state index contributed by atoms with van der Waals surface area (Å²) in [5, 5.41) is 10.6. The van der Waals surface area contributed by atoms with Crippen molar-refractivity contribution in [3.8, 4) is 22.5 Å². The summed E-state index contributed by atoms with van der Waals surface area (Å²) in [6, 6.07) is 6.87. The van der Waals surface area contributed by atoms with E-state index in [4.69, 9.17) is 10.1 Å². The number of fused-ring (bicyclic) bond motifs is 3. The van der Waals surface area contributed by atoms with Gasteiger partial charge in [0.25, 0.3) is 0 Å². The SMILES string of the molecule is CC(C)n1nccc1-c1c[nH]c2ncc(-c3cc4n(n3)CCC43CCN(Cc4ncc[nH]4)C3)cc12. The molecule has 9 heteroatoms. The first-order chi connectivity index (χ1) is 17.1. The molecule has 1 fully saturated rings. The summed E-state index contributed by atoms with van der Waals surface area (Å²) in [7, 11) is 0. The summed E-state index contributed by atoms with van der Waals surface area (Å²) in [5.41, 5.74) is 6.69. The van der Waals surface area contributed by atoms with Crippen LogP contribution in [-0.4, -0.2) is 57.5 Å². The van der Waals surface area contributed by atoms with Crippen LogP contribution in [0.25, 0.3) is 33.5 Å². The molecular weight excluding hydrogens is 438 g/mol. The number of aromatic nitrogens is 8. The zero-order chi connectivity index (χ0) is 23.6. The molecule has 7 heterocycles. The highest BCUT2D eigenvalue weighted by molar-refractivity contribution is 5.94. The van der Waals surface area contributed by atoms with Gasteiger partial charge in [-0.3, -0.25) is 14.3 Å². The lowest BCUT2D eigenvalue weighted by Crippen LogP contribution is -2.29. The number of H-pyrrole nitrogens is 2. The second kappa shape index (κ2) is 7.64. The predicted molar refractivity (Wildman–Crippen MR) is 134 cm³/mol. The van der Waals surface area contributed by atoms with Gasteiger partial charge in [0, 0.05) is 77.7 Å². The average molecular weight is 468 g/mol. The summed E-state index contributed by atoms with van der Waals surface area (Å²) in [6.07, 6.45) is 11.9. The van der Waals surface area contributed by atoms with E-state index >= 15 is 0 Å². The third-order valence-corrected chi connectivity index (χ3v) is 7.75.